The Kier molecular flexibility index (Phi) is 5.38. The quantitative estimate of drug-likeness (QED) is 0.877. The van der Waals surface area contributed by atoms with Crippen LogP contribution in [0.1, 0.15) is 5.56 Å². The van der Waals surface area contributed by atoms with Gasteiger partial charge in [0.1, 0.15) is 18.9 Å². The van der Waals surface area contributed by atoms with E-state index in [1.807, 2.05) is 42.5 Å². The van der Waals surface area contributed by atoms with E-state index in [4.69, 9.17) is 4.74 Å². The van der Waals surface area contributed by atoms with E-state index in [0.717, 1.165) is 11.3 Å². The molecule has 1 heterocycles. The van der Waals surface area contributed by atoms with Gasteiger partial charge in [0, 0.05) is 5.69 Å². The fourth-order valence-corrected chi connectivity index (χ4v) is 3.19. The van der Waals surface area contributed by atoms with Gasteiger partial charge in [-0.3, -0.25) is 9.59 Å². The number of benzene rings is 2. The van der Waals surface area contributed by atoms with Crippen LogP contribution in [-0.2, 0) is 16.2 Å². The van der Waals surface area contributed by atoms with Crippen molar-refractivity contribution in [3.05, 3.63) is 60.2 Å². The molecule has 3 rings (SSSR count). The SMILES string of the molecule is O=C(CN1CSCC1=O)Nc1ccc(OCc2ccccc2)cc1. The van der Waals surface area contributed by atoms with E-state index in [9.17, 15) is 9.59 Å². The lowest BCUT2D eigenvalue weighted by atomic mass is 10.2. The van der Waals surface area contributed by atoms with Crippen molar-refractivity contribution in [2.24, 2.45) is 0 Å². The number of amides is 2. The molecule has 0 spiro atoms. The molecule has 2 amide bonds. The Balaban J connectivity index is 1.49. The minimum Gasteiger partial charge on any atom is -0.489 e. The molecule has 1 fully saturated rings. The molecule has 0 saturated carbocycles. The second-order valence-electron chi connectivity index (χ2n) is 5.42. The van der Waals surface area contributed by atoms with Crippen molar-refractivity contribution in [1.29, 1.82) is 0 Å². The highest BCUT2D eigenvalue weighted by Gasteiger charge is 2.22. The van der Waals surface area contributed by atoms with Crippen LogP contribution in [0.2, 0.25) is 0 Å². The Labute approximate surface area is 145 Å². The number of nitrogens with one attached hydrogen (secondary N) is 1. The molecule has 1 saturated heterocycles. The average Bonchev–Trinajstić information content (AvgIpc) is 3.00. The summed E-state index contributed by atoms with van der Waals surface area (Å²) in [6.07, 6.45) is 0. The fourth-order valence-electron chi connectivity index (χ4n) is 2.29. The highest BCUT2D eigenvalue weighted by atomic mass is 32.2. The third-order valence-electron chi connectivity index (χ3n) is 3.55. The lowest BCUT2D eigenvalue weighted by Crippen LogP contribution is -2.34. The van der Waals surface area contributed by atoms with Crippen molar-refractivity contribution >= 4 is 29.3 Å². The molecule has 0 atom stereocenters. The first-order valence-corrected chi connectivity index (χ1v) is 8.78. The molecule has 2 aromatic carbocycles. The number of carbonyl (C=O) groups is 2. The summed E-state index contributed by atoms with van der Waals surface area (Å²) in [7, 11) is 0. The van der Waals surface area contributed by atoms with Crippen LogP contribution in [0.4, 0.5) is 5.69 Å². The van der Waals surface area contributed by atoms with Crippen molar-refractivity contribution in [2.45, 2.75) is 6.61 Å². The molecule has 0 aromatic heterocycles. The molecule has 24 heavy (non-hydrogen) atoms. The van der Waals surface area contributed by atoms with Crippen LogP contribution in [0, 0.1) is 0 Å². The van der Waals surface area contributed by atoms with Crippen LogP contribution in [0.3, 0.4) is 0 Å². The van der Waals surface area contributed by atoms with E-state index >= 15 is 0 Å². The second-order valence-corrected chi connectivity index (χ2v) is 6.37. The standard InChI is InChI=1S/C18H18N2O3S/c21-17(10-20-13-24-12-18(20)22)19-15-6-8-16(9-7-15)23-11-14-4-2-1-3-5-14/h1-9H,10-13H2,(H,19,21). The summed E-state index contributed by atoms with van der Waals surface area (Å²) in [6, 6.07) is 17.1. The number of nitrogens with zero attached hydrogens (tertiary/aromatic N) is 1. The lowest BCUT2D eigenvalue weighted by molar-refractivity contribution is -0.130. The smallest absolute Gasteiger partial charge is 0.244 e. The number of hydrogen-bond donors (Lipinski definition) is 1. The summed E-state index contributed by atoms with van der Waals surface area (Å²) in [5.41, 5.74) is 1.79. The van der Waals surface area contributed by atoms with Gasteiger partial charge in [0.2, 0.25) is 11.8 Å². The maximum Gasteiger partial charge on any atom is 0.244 e. The normalized spacial score (nSPS) is 13.8. The molecule has 0 radical (unpaired) electrons. The van der Waals surface area contributed by atoms with Crippen molar-refractivity contribution in [2.75, 3.05) is 23.5 Å². The summed E-state index contributed by atoms with van der Waals surface area (Å²) < 4.78 is 5.71. The maximum atomic E-state index is 12.0. The molecule has 124 valence electrons. The van der Waals surface area contributed by atoms with Gasteiger partial charge in [-0.25, -0.2) is 0 Å². The molecule has 1 aliphatic heterocycles. The van der Waals surface area contributed by atoms with E-state index < -0.39 is 0 Å². The first kappa shape index (κ1) is 16.4. The third-order valence-corrected chi connectivity index (χ3v) is 4.49. The average molecular weight is 342 g/mol. The van der Waals surface area contributed by atoms with Crippen LogP contribution >= 0.6 is 11.8 Å². The van der Waals surface area contributed by atoms with Gasteiger partial charge >= 0.3 is 0 Å². The molecular formula is C18H18N2O3S. The Hall–Kier alpha value is -2.47. The Morgan fingerprint density at radius 2 is 1.88 bits per heavy atom. The van der Waals surface area contributed by atoms with Crippen molar-refractivity contribution in [3.63, 3.8) is 0 Å². The Bertz CT molecular complexity index is 704. The number of ether oxygens (including phenoxy) is 1. The second kappa shape index (κ2) is 7.88. The minimum absolute atomic E-state index is 0.0137. The highest BCUT2D eigenvalue weighted by Crippen LogP contribution is 2.18. The molecule has 6 heteroatoms. The first-order chi connectivity index (χ1) is 11.7. The number of hydrogen-bond acceptors (Lipinski definition) is 4. The number of thioether (sulfide) groups is 1. The molecule has 1 N–H and O–H groups in total. The minimum atomic E-state index is -0.191. The van der Waals surface area contributed by atoms with Gasteiger partial charge in [0.25, 0.3) is 0 Å². The zero-order chi connectivity index (χ0) is 16.8. The topological polar surface area (TPSA) is 58.6 Å². The zero-order valence-corrected chi connectivity index (χ0v) is 13.9. The summed E-state index contributed by atoms with van der Waals surface area (Å²) in [5, 5.41) is 2.79. The number of rotatable bonds is 6. The lowest BCUT2D eigenvalue weighted by Gasteiger charge is -2.14. The van der Waals surface area contributed by atoms with Crippen molar-refractivity contribution in [1.82, 2.24) is 4.90 Å². The molecule has 2 aromatic rings. The van der Waals surface area contributed by atoms with E-state index in [1.165, 1.54) is 11.8 Å². The predicted molar refractivity (Wildman–Crippen MR) is 94.9 cm³/mol. The fraction of sp³-hybridized carbons (Fsp3) is 0.222. The molecule has 0 unspecified atom stereocenters. The molecule has 0 aliphatic carbocycles. The van der Waals surface area contributed by atoms with Crippen LogP contribution in [-0.4, -0.2) is 34.9 Å². The number of anilines is 1. The van der Waals surface area contributed by atoms with Crippen molar-refractivity contribution < 1.29 is 14.3 Å². The molecule has 0 bridgehead atoms. The van der Waals surface area contributed by atoms with Gasteiger partial charge in [-0.05, 0) is 29.8 Å². The van der Waals surface area contributed by atoms with Crippen LogP contribution in [0.15, 0.2) is 54.6 Å². The van der Waals surface area contributed by atoms with Gasteiger partial charge in [0.15, 0.2) is 0 Å². The van der Waals surface area contributed by atoms with E-state index in [1.54, 1.807) is 17.0 Å². The molecular weight excluding hydrogens is 324 g/mol. The Morgan fingerprint density at radius 3 is 2.54 bits per heavy atom. The molecule has 1 aliphatic rings. The van der Waals surface area contributed by atoms with Crippen molar-refractivity contribution in [3.8, 4) is 5.75 Å². The van der Waals surface area contributed by atoms with Gasteiger partial charge < -0.3 is 15.0 Å². The summed E-state index contributed by atoms with van der Waals surface area (Å²) in [6.45, 7) is 0.597. The van der Waals surface area contributed by atoms with Gasteiger partial charge in [-0.2, -0.15) is 0 Å². The van der Waals surface area contributed by atoms with E-state index in [0.29, 0.717) is 23.9 Å². The molecule has 5 nitrogen and oxygen atoms in total. The van der Waals surface area contributed by atoms with Gasteiger partial charge in [-0.1, -0.05) is 30.3 Å². The van der Waals surface area contributed by atoms with E-state index in [-0.39, 0.29) is 18.4 Å². The van der Waals surface area contributed by atoms with Gasteiger partial charge in [0.05, 0.1) is 11.6 Å². The number of carbonyl (C=O) groups excluding carboxylic acids is 2. The van der Waals surface area contributed by atoms with Gasteiger partial charge in [-0.15, -0.1) is 11.8 Å². The monoisotopic (exact) mass is 342 g/mol. The maximum absolute atomic E-state index is 12.0. The summed E-state index contributed by atoms with van der Waals surface area (Å²) in [4.78, 5) is 25.0. The summed E-state index contributed by atoms with van der Waals surface area (Å²) in [5.74, 6) is 1.60. The van der Waals surface area contributed by atoms with Crippen LogP contribution in [0.5, 0.6) is 5.75 Å². The van der Waals surface area contributed by atoms with Crippen LogP contribution < -0.4 is 10.1 Å². The largest absolute Gasteiger partial charge is 0.489 e. The third kappa shape index (κ3) is 4.52. The van der Waals surface area contributed by atoms with E-state index in [2.05, 4.69) is 5.32 Å². The zero-order valence-electron chi connectivity index (χ0n) is 13.1. The van der Waals surface area contributed by atoms with Crippen LogP contribution in [0.25, 0.3) is 0 Å². The predicted octanol–water partition coefficient (Wildman–Crippen LogP) is 2.74. The highest BCUT2D eigenvalue weighted by molar-refractivity contribution is 8.00. The first-order valence-electron chi connectivity index (χ1n) is 7.63. The Morgan fingerprint density at radius 1 is 1.12 bits per heavy atom. The summed E-state index contributed by atoms with van der Waals surface area (Å²) >= 11 is 1.52.